The number of hydrogen-bond acceptors (Lipinski definition) is 5. The molecule has 5 rings (SSSR count). The first-order valence-electron chi connectivity index (χ1n) is 12.5. The fourth-order valence-corrected chi connectivity index (χ4v) is 4.65. The van der Waals surface area contributed by atoms with Crippen molar-refractivity contribution in [2.24, 2.45) is 0 Å². The fourth-order valence-electron chi connectivity index (χ4n) is 4.65. The molecule has 1 aliphatic rings. The van der Waals surface area contributed by atoms with Gasteiger partial charge in [-0.05, 0) is 60.7 Å². The molecule has 0 bridgehead atoms. The lowest BCUT2D eigenvalue weighted by molar-refractivity contribution is 0.244. The fraction of sp³-hybridized carbons (Fsp3) is 0.233. The Labute approximate surface area is 216 Å². The van der Waals surface area contributed by atoms with Crippen molar-refractivity contribution in [3.05, 3.63) is 101 Å². The van der Waals surface area contributed by atoms with Gasteiger partial charge in [-0.3, -0.25) is 4.90 Å². The molecule has 1 aliphatic heterocycles. The summed E-state index contributed by atoms with van der Waals surface area (Å²) in [5.74, 6) is 1.52. The summed E-state index contributed by atoms with van der Waals surface area (Å²) in [6.07, 6.45) is 1.81. The molecular formula is C30H30N4O3. The third-order valence-electron chi connectivity index (χ3n) is 6.77. The van der Waals surface area contributed by atoms with Crippen molar-refractivity contribution < 1.29 is 14.1 Å². The van der Waals surface area contributed by atoms with E-state index in [4.69, 9.17) is 14.2 Å². The Hall–Kier alpha value is -4.39. The van der Waals surface area contributed by atoms with E-state index >= 15 is 0 Å². The largest absolute Gasteiger partial charge is 0.497 e. The van der Waals surface area contributed by atoms with Crippen LogP contribution in [0.25, 0.3) is 17.0 Å². The van der Waals surface area contributed by atoms with Crippen molar-refractivity contribution in [2.45, 2.75) is 39.7 Å². The topological polar surface area (TPSA) is 80.5 Å². The van der Waals surface area contributed by atoms with Crippen LogP contribution in [0.3, 0.4) is 0 Å². The number of nitrogens with one attached hydrogen (secondary N) is 1. The summed E-state index contributed by atoms with van der Waals surface area (Å²) in [5.41, 5.74) is 6.39. The number of amides is 2. The zero-order valence-electron chi connectivity index (χ0n) is 21.5. The molecule has 4 aromatic rings. The molecule has 7 heteroatoms. The van der Waals surface area contributed by atoms with Gasteiger partial charge in [0.15, 0.2) is 0 Å². The number of allylic oxidation sites excluding steroid dienone is 1. The van der Waals surface area contributed by atoms with Gasteiger partial charge in [-0.2, -0.15) is 4.98 Å². The Bertz CT molecular complexity index is 1460. The average molecular weight is 495 g/mol. The number of rotatable bonds is 7. The normalized spacial score (nSPS) is 15.6. The molecule has 0 fully saturated rings. The van der Waals surface area contributed by atoms with E-state index in [0.717, 1.165) is 46.5 Å². The minimum Gasteiger partial charge on any atom is -0.497 e. The molecule has 1 aromatic heterocycles. The monoisotopic (exact) mass is 494 g/mol. The van der Waals surface area contributed by atoms with E-state index < -0.39 is 6.04 Å². The number of ether oxygens (including phenoxy) is 1. The van der Waals surface area contributed by atoms with Crippen LogP contribution in [-0.4, -0.2) is 23.3 Å². The Balaban J connectivity index is 1.64. The number of anilines is 1. The average Bonchev–Trinajstić information content (AvgIpc) is 3.43. The lowest BCUT2D eigenvalue weighted by atomic mass is 9.93. The van der Waals surface area contributed by atoms with Crippen LogP contribution in [0.2, 0.25) is 0 Å². The molecule has 3 aromatic carbocycles. The molecule has 7 nitrogen and oxygen atoms in total. The van der Waals surface area contributed by atoms with Crippen LogP contribution in [-0.2, 0) is 12.8 Å². The third kappa shape index (κ3) is 4.72. The highest BCUT2D eigenvalue weighted by atomic mass is 16.5. The maximum Gasteiger partial charge on any atom is 0.326 e. The number of aryl methyl sites for hydroxylation is 2. The lowest BCUT2D eigenvalue weighted by Gasteiger charge is -2.35. The number of hydrogen-bond donors (Lipinski definition) is 1. The van der Waals surface area contributed by atoms with Crippen molar-refractivity contribution in [1.82, 2.24) is 15.5 Å². The van der Waals surface area contributed by atoms with Gasteiger partial charge in [0.1, 0.15) is 5.75 Å². The summed E-state index contributed by atoms with van der Waals surface area (Å²) in [4.78, 5) is 19.9. The van der Waals surface area contributed by atoms with Crippen LogP contribution in [0.15, 0.2) is 83.0 Å². The zero-order chi connectivity index (χ0) is 25.9. The molecule has 1 unspecified atom stereocenters. The lowest BCUT2D eigenvalue weighted by Crippen LogP contribution is -2.46. The third-order valence-corrected chi connectivity index (χ3v) is 6.77. The molecular weight excluding hydrogens is 464 g/mol. The first-order chi connectivity index (χ1) is 18.0. The van der Waals surface area contributed by atoms with Gasteiger partial charge in [0.2, 0.25) is 5.82 Å². The van der Waals surface area contributed by atoms with Crippen LogP contribution in [0.1, 0.15) is 49.4 Å². The van der Waals surface area contributed by atoms with Crippen LogP contribution < -0.4 is 15.0 Å². The molecule has 0 aliphatic carbocycles. The maximum atomic E-state index is 13.5. The number of urea groups is 1. The van der Waals surface area contributed by atoms with Crippen LogP contribution in [0.5, 0.6) is 5.75 Å². The standard InChI is InChI=1S/C30H30N4O3/c1-5-20-13-15-22(16-14-20)27-26(29-32-28(33-37-29)23-10-8-12-25(18-23)36-4)19(3)34(30(35)31-27)24-11-7-9-21(6-2)17-24/h7-18,27H,5-6H2,1-4H3,(H,31,35). The number of aromatic nitrogens is 2. The summed E-state index contributed by atoms with van der Waals surface area (Å²) in [5, 5.41) is 7.45. The highest BCUT2D eigenvalue weighted by Crippen LogP contribution is 2.39. The van der Waals surface area contributed by atoms with E-state index in [0.29, 0.717) is 17.5 Å². The van der Waals surface area contributed by atoms with Gasteiger partial charge in [-0.25, -0.2) is 4.79 Å². The molecule has 1 atom stereocenters. The molecule has 1 N–H and O–H groups in total. The van der Waals surface area contributed by atoms with Gasteiger partial charge in [-0.15, -0.1) is 0 Å². The van der Waals surface area contributed by atoms with Gasteiger partial charge in [0.25, 0.3) is 5.89 Å². The Morgan fingerprint density at radius 3 is 2.46 bits per heavy atom. The quantitative estimate of drug-likeness (QED) is 0.314. The highest BCUT2D eigenvalue weighted by molar-refractivity contribution is 6.01. The Morgan fingerprint density at radius 1 is 0.973 bits per heavy atom. The second kappa shape index (κ2) is 10.3. The van der Waals surface area contributed by atoms with Crippen molar-refractivity contribution in [3.63, 3.8) is 0 Å². The minimum absolute atomic E-state index is 0.202. The van der Waals surface area contributed by atoms with Crippen LogP contribution >= 0.6 is 0 Å². The molecule has 0 radical (unpaired) electrons. The van der Waals surface area contributed by atoms with Crippen LogP contribution in [0, 0.1) is 0 Å². The zero-order valence-corrected chi connectivity index (χ0v) is 21.5. The van der Waals surface area contributed by atoms with Crippen molar-refractivity contribution in [1.29, 1.82) is 0 Å². The van der Waals surface area contributed by atoms with Gasteiger partial charge in [0, 0.05) is 11.3 Å². The van der Waals surface area contributed by atoms with E-state index in [-0.39, 0.29) is 6.03 Å². The number of benzene rings is 3. The van der Waals surface area contributed by atoms with E-state index in [9.17, 15) is 4.79 Å². The predicted molar refractivity (Wildman–Crippen MR) is 144 cm³/mol. The van der Waals surface area contributed by atoms with Gasteiger partial charge in [0.05, 0.1) is 24.4 Å². The summed E-state index contributed by atoms with van der Waals surface area (Å²) >= 11 is 0. The Morgan fingerprint density at radius 2 is 1.73 bits per heavy atom. The number of carbonyl (C=O) groups excluding carboxylic acids is 1. The SMILES string of the molecule is CCc1ccc(C2NC(=O)N(c3cccc(CC)c3)C(C)=C2c2nc(-c3cccc(OC)c3)no2)cc1. The van der Waals surface area contributed by atoms with E-state index in [1.807, 2.05) is 61.5 Å². The molecule has 188 valence electrons. The van der Waals surface area contributed by atoms with E-state index in [1.165, 1.54) is 5.56 Å². The first-order valence-corrected chi connectivity index (χ1v) is 12.5. The maximum absolute atomic E-state index is 13.5. The minimum atomic E-state index is -0.442. The van der Waals surface area contributed by atoms with Crippen molar-refractivity contribution in [2.75, 3.05) is 12.0 Å². The predicted octanol–water partition coefficient (Wildman–Crippen LogP) is 6.57. The van der Waals surface area contributed by atoms with Gasteiger partial charge in [-0.1, -0.05) is 67.5 Å². The first kappa shape index (κ1) is 24.3. The summed E-state index contributed by atoms with van der Waals surface area (Å²) < 4.78 is 11.2. The molecule has 37 heavy (non-hydrogen) atoms. The van der Waals surface area contributed by atoms with Gasteiger partial charge >= 0.3 is 6.03 Å². The number of carbonyl (C=O) groups is 1. The van der Waals surface area contributed by atoms with Crippen molar-refractivity contribution in [3.8, 4) is 17.1 Å². The summed E-state index contributed by atoms with van der Waals surface area (Å²) in [7, 11) is 1.62. The van der Waals surface area contributed by atoms with E-state index in [2.05, 4.69) is 42.5 Å². The molecule has 0 spiro atoms. The highest BCUT2D eigenvalue weighted by Gasteiger charge is 2.36. The summed E-state index contributed by atoms with van der Waals surface area (Å²) in [6.45, 7) is 6.14. The van der Waals surface area contributed by atoms with Crippen molar-refractivity contribution >= 4 is 17.3 Å². The number of methoxy groups -OCH3 is 1. The molecule has 0 saturated carbocycles. The van der Waals surface area contributed by atoms with Gasteiger partial charge < -0.3 is 14.6 Å². The molecule has 0 saturated heterocycles. The number of nitrogens with zero attached hydrogens (tertiary/aromatic N) is 3. The Kier molecular flexibility index (Phi) is 6.77. The summed E-state index contributed by atoms with van der Waals surface area (Å²) in [6, 6.07) is 23.1. The smallest absolute Gasteiger partial charge is 0.326 e. The molecule has 2 amide bonds. The molecule has 2 heterocycles. The second-order valence-electron chi connectivity index (χ2n) is 8.99. The van der Waals surface area contributed by atoms with Crippen LogP contribution in [0.4, 0.5) is 10.5 Å². The van der Waals surface area contributed by atoms with E-state index in [1.54, 1.807) is 12.0 Å². The second-order valence-corrected chi connectivity index (χ2v) is 8.99.